The Morgan fingerprint density at radius 2 is 2.00 bits per heavy atom. The van der Waals surface area contributed by atoms with Crippen molar-refractivity contribution in [2.75, 3.05) is 26.9 Å². The number of aromatic nitrogens is 1. The minimum absolute atomic E-state index is 0.128. The highest BCUT2D eigenvalue weighted by Crippen LogP contribution is 2.49. The van der Waals surface area contributed by atoms with E-state index in [0.29, 0.717) is 12.2 Å². The molecule has 2 unspecified atom stereocenters. The van der Waals surface area contributed by atoms with Crippen molar-refractivity contribution in [1.29, 1.82) is 0 Å². The maximum atomic E-state index is 13.0. The van der Waals surface area contributed by atoms with Gasteiger partial charge in [0.15, 0.2) is 5.69 Å². The lowest BCUT2D eigenvalue weighted by Crippen LogP contribution is -2.28. The van der Waals surface area contributed by atoms with Crippen molar-refractivity contribution in [3.05, 3.63) is 70.7 Å². The summed E-state index contributed by atoms with van der Waals surface area (Å²) < 4.78 is 19.0. The molecule has 1 spiro atoms. The van der Waals surface area contributed by atoms with Gasteiger partial charge in [-0.25, -0.2) is 9.64 Å². The third-order valence-corrected chi connectivity index (χ3v) is 7.60. The van der Waals surface area contributed by atoms with Gasteiger partial charge in [-0.15, -0.1) is 0 Å². The van der Waals surface area contributed by atoms with Crippen LogP contribution in [0, 0.1) is 18.9 Å². The quantitative estimate of drug-likeness (QED) is 0.375. The van der Waals surface area contributed by atoms with E-state index < -0.39 is 5.60 Å². The van der Waals surface area contributed by atoms with E-state index in [1.807, 2.05) is 52.0 Å². The topological polar surface area (TPSA) is 57.3 Å². The second-order valence-corrected chi connectivity index (χ2v) is 11.4. The Kier molecular flexibility index (Phi) is 6.51. The molecule has 7 heteroatoms. The van der Waals surface area contributed by atoms with Crippen LogP contribution < -0.4 is 4.74 Å². The fourth-order valence-corrected chi connectivity index (χ4v) is 5.92. The maximum absolute atomic E-state index is 13.0. The Bertz CT molecular complexity index is 1350. The van der Waals surface area contributed by atoms with E-state index in [0.717, 1.165) is 60.4 Å². The maximum Gasteiger partial charge on any atom is 0.419 e. The molecule has 2 atom stereocenters. The van der Waals surface area contributed by atoms with Crippen LogP contribution in [0.25, 0.3) is 15.7 Å². The Morgan fingerprint density at radius 3 is 2.62 bits per heavy atom. The van der Waals surface area contributed by atoms with Crippen molar-refractivity contribution in [2.24, 2.45) is 5.41 Å². The van der Waals surface area contributed by atoms with Crippen LogP contribution in [-0.4, -0.2) is 48.0 Å². The molecule has 0 bridgehead atoms. The van der Waals surface area contributed by atoms with Crippen LogP contribution in [0.2, 0.25) is 0 Å². The van der Waals surface area contributed by atoms with Crippen LogP contribution in [0.3, 0.4) is 0 Å². The molecule has 2 aliphatic heterocycles. The monoisotopic (exact) mass is 501 g/mol. The van der Waals surface area contributed by atoms with Crippen LogP contribution in [0.4, 0.5) is 10.5 Å². The molecule has 7 nitrogen and oxygen atoms in total. The lowest BCUT2D eigenvalue weighted by Gasteiger charge is -2.27. The van der Waals surface area contributed by atoms with E-state index in [1.165, 1.54) is 5.56 Å². The van der Waals surface area contributed by atoms with Gasteiger partial charge in [-0.05, 0) is 63.8 Å². The molecule has 37 heavy (non-hydrogen) atoms. The summed E-state index contributed by atoms with van der Waals surface area (Å²) in [5, 5.41) is 0.994. The Labute approximate surface area is 218 Å². The molecule has 0 saturated carbocycles. The first-order valence-corrected chi connectivity index (χ1v) is 12.8. The predicted octanol–water partition coefficient (Wildman–Crippen LogP) is 6.65. The fraction of sp³-hybridized carbons (Fsp3) is 0.467. The first-order valence-electron chi connectivity index (χ1n) is 12.8. The van der Waals surface area contributed by atoms with Gasteiger partial charge in [0.2, 0.25) is 0 Å². The molecule has 1 aromatic heterocycles. The first kappa shape index (κ1) is 25.3. The normalized spacial score (nSPS) is 22.0. The van der Waals surface area contributed by atoms with Crippen LogP contribution in [0.15, 0.2) is 42.6 Å². The summed E-state index contributed by atoms with van der Waals surface area (Å²) in [6, 6.07) is 12.2. The van der Waals surface area contributed by atoms with E-state index in [1.54, 1.807) is 17.9 Å². The van der Waals surface area contributed by atoms with Crippen molar-refractivity contribution < 1.29 is 19.0 Å². The van der Waals surface area contributed by atoms with Gasteiger partial charge < -0.3 is 14.2 Å². The number of hydrogen-bond acceptors (Lipinski definition) is 5. The van der Waals surface area contributed by atoms with Crippen molar-refractivity contribution in [3.63, 3.8) is 0 Å². The average molecular weight is 502 g/mol. The zero-order valence-corrected chi connectivity index (χ0v) is 22.3. The first-order chi connectivity index (χ1) is 17.6. The van der Waals surface area contributed by atoms with Crippen LogP contribution in [-0.2, 0) is 16.0 Å². The lowest BCUT2D eigenvalue weighted by molar-refractivity contribution is 0.0544. The number of carbonyl (C=O) groups excluding carboxylic acids is 1. The van der Waals surface area contributed by atoms with E-state index in [9.17, 15) is 4.79 Å². The summed E-state index contributed by atoms with van der Waals surface area (Å²) in [4.78, 5) is 19.1. The number of benzene rings is 2. The number of rotatable bonds is 4. The van der Waals surface area contributed by atoms with Gasteiger partial charge in [0, 0.05) is 48.3 Å². The number of carbonyl (C=O) groups is 1. The number of likely N-dealkylation sites (tertiary alicyclic amines) is 1. The lowest BCUT2D eigenvalue weighted by atomic mass is 9.84. The summed E-state index contributed by atoms with van der Waals surface area (Å²) in [5.41, 5.74) is 4.27. The minimum Gasteiger partial charge on any atom is -0.496 e. The number of ether oxygens (including phenoxy) is 3. The molecular weight excluding hydrogens is 466 g/mol. The summed E-state index contributed by atoms with van der Waals surface area (Å²) in [6.45, 7) is 18.1. The SMILES string of the molecule is [C-]#[N+]c1ccc(C2CC3(CCOC3)CN2Cc2c(OC)cc(C)c3c2ccn3C(=O)OC(C)(C)C)cc1. The largest absolute Gasteiger partial charge is 0.496 e. The molecule has 0 amide bonds. The molecule has 3 aromatic rings. The van der Waals surface area contributed by atoms with Gasteiger partial charge in [0.05, 0.1) is 25.8 Å². The second kappa shape index (κ2) is 9.51. The standard InChI is InChI=1S/C30H35N3O4/c1-20-15-26(35-6)24(23-11-13-33(27(20)23)28(34)37-29(2,3)4)17-32-18-30(12-14-36-19-30)16-25(32)21-7-9-22(31-5)10-8-21/h7-11,13,15,25H,12,14,16-19H2,1-4,6H3. The Balaban J connectivity index is 1.55. The zero-order valence-electron chi connectivity index (χ0n) is 22.3. The van der Waals surface area contributed by atoms with Gasteiger partial charge >= 0.3 is 6.09 Å². The molecule has 0 N–H and O–H groups in total. The molecule has 2 aromatic carbocycles. The van der Waals surface area contributed by atoms with Gasteiger partial charge in [-0.3, -0.25) is 9.47 Å². The summed E-state index contributed by atoms with van der Waals surface area (Å²) in [5.74, 6) is 0.817. The van der Waals surface area contributed by atoms with E-state index in [2.05, 4.69) is 21.9 Å². The number of aryl methyl sites for hydroxylation is 1. The molecule has 3 heterocycles. The molecule has 2 fully saturated rings. The smallest absolute Gasteiger partial charge is 0.419 e. The van der Waals surface area contributed by atoms with Gasteiger partial charge in [-0.1, -0.05) is 24.3 Å². The molecule has 2 aliphatic rings. The Morgan fingerprint density at radius 1 is 1.24 bits per heavy atom. The summed E-state index contributed by atoms with van der Waals surface area (Å²) in [6.07, 6.45) is 3.48. The van der Waals surface area contributed by atoms with Gasteiger partial charge in [-0.2, -0.15) is 0 Å². The van der Waals surface area contributed by atoms with Crippen molar-refractivity contribution in [3.8, 4) is 5.75 Å². The number of hydrogen-bond donors (Lipinski definition) is 0. The predicted molar refractivity (Wildman–Crippen MR) is 143 cm³/mol. The number of nitrogens with zero attached hydrogens (tertiary/aromatic N) is 3. The average Bonchev–Trinajstić information content (AvgIpc) is 3.59. The summed E-state index contributed by atoms with van der Waals surface area (Å²) >= 11 is 0. The Hall–Kier alpha value is -3.34. The highest BCUT2D eigenvalue weighted by Gasteiger charge is 2.47. The second-order valence-electron chi connectivity index (χ2n) is 11.4. The van der Waals surface area contributed by atoms with Crippen LogP contribution in [0.1, 0.15) is 56.3 Å². The molecular formula is C30H35N3O4. The van der Waals surface area contributed by atoms with Crippen molar-refractivity contribution in [2.45, 2.75) is 58.7 Å². The number of fused-ring (bicyclic) bond motifs is 1. The van der Waals surface area contributed by atoms with Crippen LogP contribution >= 0.6 is 0 Å². The third kappa shape index (κ3) is 4.84. The zero-order chi connectivity index (χ0) is 26.4. The fourth-order valence-electron chi connectivity index (χ4n) is 5.92. The van der Waals surface area contributed by atoms with Gasteiger partial charge in [0.1, 0.15) is 11.4 Å². The number of methoxy groups -OCH3 is 1. The molecule has 2 saturated heterocycles. The highest BCUT2D eigenvalue weighted by molar-refractivity contribution is 5.95. The highest BCUT2D eigenvalue weighted by atomic mass is 16.6. The van der Waals surface area contributed by atoms with Crippen LogP contribution in [0.5, 0.6) is 5.75 Å². The third-order valence-electron chi connectivity index (χ3n) is 7.60. The van der Waals surface area contributed by atoms with Gasteiger partial charge in [0.25, 0.3) is 0 Å². The summed E-state index contributed by atoms with van der Waals surface area (Å²) in [7, 11) is 1.70. The molecule has 0 radical (unpaired) electrons. The minimum atomic E-state index is -0.583. The molecule has 5 rings (SSSR count). The molecule has 194 valence electrons. The van der Waals surface area contributed by atoms with E-state index >= 15 is 0 Å². The van der Waals surface area contributed by atoms with E-state index in [-0.39, 0.29) is 17.6 Å². The van der Waals surface area contributed by atoms with E-state index in [4.69, 9.17) is 20.8 Å². The van der Waals surface area contributed by atoms with Crippen molar-refractivity contribution >= 4 is 22.7 Å². The molecule has 0 aliphatic carbocycles. The van der Waals surface area contributed by atoms with Crippen molar-refractivity contribution in [1.82, 2.24) is 9.47 Å².